The molecule has 0 spiro atoms. The Morgan fingerprint density at radius 2 is 2.45 bits per heavy atom. The van der Waals surface area contributed by atoms with Crippen LogP contribution in [-0.2, 0) is 0 Å². The van der Waals surface area contributed by atoms with Crippen molar-refractivity contribution in [3.63, 3.8) is 0 Å². The molecule has 0 radical (unpaired) electrons. The number of nitrogens with two attached hydrogens (primary N) is 1. The lowest BCUT2D eigenvalue weighted by atomic mass is 10.2. The van der Waals surface area contributed by atoms with Gasteiger partial charge in [0.15, 0.2) is 0 Å². The van der Waals surface area contributed by atoms with Crippen molar-refractivity contribution in [2.75, 3.05) is 25.0 Å². The summed E-state index contributed by atoms with van der Waals surface area (Å²) < 4.78 is 5.34. The van der Waals surface area contributed by atoms with E-state index in [4.69, 9.17) is 15.7 Å². The van der Waals surface area contributed by atoms with Crippen molar-refractivity contribution in [2.45, 2.75) is 19.4 Å². The molecule has 1 saturated heterocycles. The Hall–Kier alpha value is -2.26. The first-order chi connectivity index (χ1) is 9.63. The van der Waals surface area contributed by atoms with Crippen LogP contribution in [0.15, 0.2) is 18.2 Å². The quantitative estimate of drug-likeness (QED) is 0.874. The summed E-state index contributed by atoms with van der Waals surface area (Å²) in [4.78, 5) is 13.7. The second kappa shape index (κ2) is 6.26. The number of ether oxygens (including phenoxy) is 1. The molecule has 1 aromatic rings. The van der Waals surface area contributed by atoms with Gasteiger partial charge in [-0.3, -0.25) is 0 Å². The molecule has 0 saturated carbocycles. The molecule has 0 aliphatic carbocycles. The van der Waals surface area contributed by atoms with Crippen LogP contribution in [0.3, 0.4) is 0 Å². The topological polar surface area (TPSA) is 91.4 Å². The highest BCUT2D eigenvalue weighted by Gasteiger charge is 2.23. The van der Waals surface area contributed by atoms with E-state index in [1.807, 2.05) is 6.92 Å². The highest BCUT2D eigenvalue weighted by molar-refractivity contribution is 5.89. The SMILES string of the molecule is CCOc1ccc(NC(=O)N2CC[C@@H](N)C2)cc1C#N. The molecule has 1 fully saturated rings. The number of carbonyl (C=O) groups excluding carboxylic acids is 1. The van der Waals surface area contributed by atoms with Crippen LogP contribution in [0.5, 0.6) is 5.75 Å². The van der Waals surface area contributed by atoms with Gasteiger partial charge in [-0.1, -0.05) is 0 Å². The molecule has 6 nitrogen and oxygen atoms in total. The minimum absolute atomic E-state index is 0.0516. The fourth-order valence-electron chi connectivity index (χ4n) is 2.15. The minimum atomic E-state index is -0.189. The van der Waals surface area contributed by atoms with E-state index in [1.165, 1.54) is 0 Å². The van der Waals surface area contributed by atoms with Crippen molar-refractivity contribution in [3.05, 3.63) is 23.8 Å². The van der Waals surface area contributed by atoms with Gasteiger partial charge in [0.25, 0.3) is 0 Å². The molecule has 1 aliphatic heterocycles. The van der Waals surface area contributed by atoms with E-state index in [0.29, 0.717) is 36.7 Å². The van der Waals surface area contributed by atoms with Crippen molar-refractivity contribution >= 4 is 11.7 Å². The number of hydrogen-bond donors (Lipinski definition) is 2. The maximum atomic E-state index is 12.0. The van der Waals surface area contributed by atoms with E-state index in [2.05, 4.69) is 11.4 Å². The van der Waals surface area contributed by atoms with E-state index in [9.17, 15) is 4.79 Å². The summed E-state index contributed by atoms with van der Waals surface area (Å²) in [6, 6.07) is 6.94. The normalized spacial score (nSPS) is 17.6. The lowest BCUT2D eigenvalue weighted by molar-refractivity contribution is 0.222. The molecule has 0 aromatic heterocycles. The number of carbonyl (C=O) groups is 1. The van der Waals surface area contributed by atoms with Gasteiger partial charge >= 0.3 is 6.03 Å². The summed E-state index contributed by atoms with van der Waals surface area (Å²) in [6.07, 6.45) is 0.820. The van der Waals surface area contributed by atoms with Crippen molar-refractivity contribution in [1.82, 2.24) is 4.90 Å². The van der Waals surface area contributed by atoms with E-state index < -0.39 is 0 Å². The summed E-state index contributed by atoms with van der Waals surface area (Å²) in [5.41, 5.74) is 6.76. The molecule has 2 amide bonds. The number of urea groups is 1. The van der Waals surface area contributed by atoms with E-state index in [-0.39, 0.29) is 12.1 Å². The molecule has 1 aromatic carbocycles. The number of anilines is 1. The molecular weight excluding hydrogens is 256 g/mol. The standard InChI is InChI=1S/C14H18N4O2/c1-2-20-13-4-3-12(7-10(13)8-15)17-14(19)18-6-5-11(16)9-18/h3-4,7,11H,2,5-6,9,16H2,1H3,(H,17,19)/t11-/m1/s1. The average Bonchev–Trinajstić information content (AvgIpc) is 2.87. The van der Waals surface area contributed by atoms with Gasteiger partial charge in [0.05, 0.1) is 12.2 Å². The molecule has 106 valence electrons. The Labute approximate surface area is 118 Å². The van der Waals surface area contributed by atoms with Gasteiger partial charge in [-0.05, 0) is 31.5 Å². The molecular formula is C14H18N4O2. The Morgan fingerprint density at radius 3 is 3.05 bits per heavy atom. The van der Waals surface area contributed by atoms with Gasteiger partial charge in [0.2, 0.25) is 0 Å². The summed E-state index contributed by atoms with van der Waals surface area (Å²) in [5.74, 6) is 0.524. The molecule has 1 atom stereocenters. The van der Waals surface area contributed by atoms with Gasteiger partial charge in [0.1, 0.15) is 11.8 Å². The predicted molar refractivity (Wildman–Crippen MR) is 75.5 cm³/mol. The highest BCUT2D eigenvalue weighted by atomic mass is 16.5. The third kappa shape index (κ3) is 3.19. The van der Waals surface area contributed by atoms with Gasteiger partial charge in [-0.2, -0.15) is 5.26 Å². The van der Waals surface area contributed by atoms with Gasteiger partial charge in [-0.15, -0.1) is 0 Å². The molecule has 0 bridgehead atoms. The zero-order valence-electron chi connectivity index (χ0n) is 11.4. The van der Waals surface area contributed by atoms with E-state index in [0.717, 1.165) is 6.42 Å². The minimum Gasteiger partial charge on any atom is -0.492 e. The van der Waals surface area contributed by atoms with Crippen LogP contribution in [0.1, 0.15) is 18.9 Å². The number of likely N-dealkylation sites (tertiary alicyclic amines) is 1. The number of amides is 2. The molecule has 1 heterocycles. The van der Waals surface area contributed by atoms with Gasteiger partial charge < -0.3 is 20.7 Å². The zero-order valence-corrected chi connectivity index (χ0v) is 11.4. The van der Waals surface area contributed by atoms with Crippen LogP contribution in [-0.4, -0.2) is 36.7 Å². The highest BCUT2D eigenvalue weighted by Crippen LogP contribution is 2.22. The second-order valence-corrected chi connectivity index (χ2v) is 4.68. The Balaban J connectivity index is 2.06. The summed E-state index contributed by atoms with van der Waals surface area (Å²) >= 11 is 0. The summed E-state index contributed by atoms with van der Waals surface area (Å²) in [6.45, 7) is 3.57. The zero-order chi connectivity index (χ0) is 14.5. The number of hydrogen-bond acceptors (Lipinski definition) is 4. The summed E-state index contributed by atoms with van der Waals surface area (Å²) in [7, 11) is 0. The number of benzene rings is 1. The first kappa shape index (κ1) is 14.2. The van der Waals surface area contributed by atoms with Crippen molar-refractivity contribution in [3.8, 4) is 11.8 Å². The van der Waals surface area contributed by atoms with Crippen molar-refractivity contribution in [1.29, 1.82) is 5.26 Å². The maximum Gasteiger partial charge on any atom is 0.321 e. The van der Waals surface area contributed by atoms with Crippen LogP contribution in [0, 0.1) is 11.3 Å². The molecule has 20 heavy (non-hydrogen) atoms. The van der Waals surface area contributed by atoms with Crippen molar-refractivity contribution in [2.24, 2.45) is 5.73 Å². The first-order valence-corrected chi connectivity index (χ1v) is 6.62. The van der Waals surface area contributed by atoms with E-state index >= 15 is 0 Å². The van der Waals surface area contributed by atoms with Crippen LogP contribution < -0.4 is 15.8 Å². The lowest BCUT2D eigenvalue weighted by Gasteiger charge is -2.17. The fourth-order valence-corrected chi connectivity index (χ4v) is 2.15. The number of rotatable bonds is 3. The molecule has 3 N–H and O–H groups in total. The number of nitrogens with one attached hydrogen (secondary N) is 1. The molecule has 0 unspecified atom stereocenters. The fraction of sp³-hybridized carbons (Fsp3) is 0.429. The van der Waals surface area contributed by atoms with Crippen LogP contribution in [0.25, 0.3) is 0 Å². The Morgan fingerprint density at radius 1 is 1.65 bits per heavy atom. The predicted octanol–water partition coefficient (Wildman–Crippen LogP) is 1.52. The Kier molecular flexibility index (Phi) is 4.43. The first-order valence-electron chi connectivity index (χ1n) is 6.62. The van der Waals surface area contributed by atoms with Crippen LogP contribution >= 0.6 is 0 Å². The van der Waals surface area contributed by atoms with Gasteiger partial charge in [0, 0.05) is 24.8 Å². The second-order valence-electron chi connectivity index (χ2n) is 4.68. The largest absolute Gasteiger partial charge is 0.492 e. The monoisotopic (exact) mass is 274 g/mol. The van der Waals surface area contributed by atoms with Crippen LogP contribution in [0.2, 0.25) is 0 Å². The molecule has 2 rings (SSSR count). The third-order valence-corrected chi connectivity index (χ3v) is 3.16. The summed E-state index contributed by atoms with van der Waals surface area (Å²) in [5, 5.41) is 11.9. The van der Waals surface area contributed by atoms with Crippen molar-refractivity contribution < 1.29 is 9.53 Å². The number of nitrogens with zero attached hydrogens (tertiary/aromatic N) is 2. The van der Waals surface area contributed by atoms with Gasteiger partial charge in [-0.25, -0.2) is 4.79 Å². The third-order valence-electron chi connectivity index (χ3n) is 3.16. The smallest absolute Gasteiger partial charge is 0.321 e. The molecule has 6 heteroatoms. The maximum absolute atomic E-state index is 12.0. The lowest BCUT2D eigenvalue weighted by Crippen LogP contribution is -2.35. The van der Waals surface area contributed by atoms with Crippen LogP contribution in [0.4, 0.5) is 10.5 Å². The van der Waals surface area contributed by atoms with E-state index in [1.54, 1.807) is 23.1 Å². The molecule has 1 aliphatic rings. The average molecular weight is 274 g/mol. The number of nitriles is 1. The Bertz CT molecular complexity index is 538.